The maximum atomic E-state index is 10.8. The molecule has 0 aliphatic rings. The minimum Gasteiger partial charge on any atom is -0.478 e. The zero-order chi connectivity index (χ0) is 12.7. The number of aliphatic carboxylic acids is 1. The molecule has 4 heteroatoms. The number of aliphatic hydroxyl groups excluding tert-OH is 1. The smallest absolute Gasteiger partial charge is 0.331 e. The van der Waals surface area contributed by atoms with Gasteiger partial charge in [0.15, 0.2) is 0 Å². The van der Waals surface area contributed by atoms with Crippen LogP contribution in [0.4, 0.5) is 0 Å². The fraction of sp³-hybridized carbons (Fsp3) is 0.308. The number of hydrogen-bond donors (Lipinski definition) is 2. The molecule has 0 saturated heterocycles. The summed E-state index contributed by atoms with van der Waals surface area (Å²) in [4.78, 5) is 11.8. The highest BCUT2D eigenvalue weighted by Crippen LogP contribution is 2.19. The molecule has 0 bridgehead atoms. The summed E-state index contributed by atoms with van der Waals surface area (Å²) in [6.07, 6.45) is 2.28. The molecule has 0 aliphatic heterocycles. The monoisotopic (exact) mass is 252 g/mol. The molecule has 0 aromatic heterocycles. The molecule has 2 N–H and O–H groups in total. The Labute approximate surface area is 105 Å². The van der Waals surface area contributed by atoms with Gasteiger partial charge in [-0.05, 0) is 24.1 Å². The van der Waals surface area contributed by atoms with Crippen LogP contribution in [0.25, 0.3) is 0 Å². The van der Waals surface area contributed by atoms with Crippen LogP contribution in [0.1, 0.15) is 18.9 Å². The van der Waals surface area contributed by atoms with Crippen molar-refractivity contribution < 1.29 is 15.0 Å². The van der Waals surface area contributed by atoms with Crippen molar-refractivity contribution in [2.75, 3.05) is 5.75 Å². The number of carboxylic acids is 1. The molecule has 0 spiro atoms. The van der Waals surface area contributed by atoms with Gasteiger partial charge >= 0.3 is 5.97 Å². The van der Waals surface area contributed by atoms with Crippen molar-refractivity contribution in [3.8, 4) is 0 Å². The molecule has 0 fully saturated rings. The number of rotatable bonds is 6. The van der Waals surface area contributed by atoms with E-state index >= 15 is 0 Å². The number of carbonyl (C=O) groups is 1. The Kier molecular flexibility index (Phi) is 5.80. The minimum absolute atomic E-state index is 0.0455. The molecule has 1 rings (SSSR count). The molecule has 0 unspecified atom stereocenters. The van der Waals surface area contributed by atoms with E-state index in [9.17, 15) is 4.79 Å². The predicted molar refractivity (Wildman–Crippen MR) is 69.1 cm³/mol. The second kappa shape index (κ2) is 7.14. The minimum atomic E-state index is -0.844. The summed E-state index contributed by atoms with van der Waals surface area (Å²) < 4.78 is 0. The number of carboxylic acid groups (broad SMARTS) is 1. The Morgan fingerprint density at radius 2 is 2.00 bits per heavy atom. The largest absolute Gasteiger partial charge is 0.478 e. The Morgan fingerprint density at radius 1 is 1.35 bits per heavy atom. The van der Waals surface area contributed by atoms with Gasteiger partial charge < -0.3 is 10.2 Å². The number of benzene rings is 1. The van der Waals surface area contributed by atoms with Crippen molar-refractivity contribution in [3.63, 3.8) is 0 Å². The summed E-state index contributed by atoms with van der Waals surface area (Å²) in [5.74, 6) is -0.197. The molecular formula is C13H16O3S. The Hall–Kier alpha value is -1.26. The van der Waals surface area contributed by atoms with E-state index in [-0.39, 0.29) is 6.61 Å². The third-order valence-corrected chi connectivity index (χ3v) is 3.28. The Balaban J connectivity index is 2.52. The fourth-order valence-corrected chi connectivity index (χ4v) is 2.12. The molecular weight excluding hydrogens is 236 g/mol. The van der Waals surface area contributed by atoms with E-state index < -0.39 is 5.97 Å². The molecule has 0 atom stereocenters. The molecule has 3 nitrogen and oxygen atoms in total. The molecule has 0 amide bonds. The van der Waals surface area contributed by atoms with Crippen LogP contribution >= 0.6 is 11.8 Å². The van der Waals surface area contributed by atoms with Crippen LogP contribution in [0, 0.1) is 0 Å². The zero-order valence-electron chi connectivity index (χ0n) is 9.72. The van der Waals surface area contributed by atoms with Gasteiger partial charge in [-0.1, -0.05) is 25.1 Å². The SMILES string of the molecule is CC/C(=C/CSc1ccc(CO)cc1)C(=O)O. The van der Waals surface area contributed by atoms with E-state index in [1.54, 1.807) is 17.8 Å². The quantitative estimate of drug-likeness (QED) is 0.603. The first-order chi connectivity index (χ1) is 8.17. The zero-order valence-corrected chi connectivity index (χ0v) is 10.5. The highest BCUT2D eigenvalue weighted by atomic mass is 32.2. The summed E-state index contributed by atoms with van der Waals surface area (Å²) in [7, 11) is 0. The Morgan fingerprint density at radius 3 is 2.47 bits per heavy atom. The average Bonchev–Trinajstić information content (AvgIpc) is 2.35. The van der Waals surface area contributed by atoms with E-state index in [1.807, 2.05) is 31.2 Å². The molecule has 0 aliphatic carbocycles. The maximum Gasteiger partial charge on any atom is 0.331 e. The molecule has 92 valence electrons. The maximum absolute atomic E-state index is 10.8. The van der Waals surface area contributed by atoms with Crippen LogP contribution in [0.2, 0.25) is 0 Å². The van der Waals surface area contributed by atoms with Crippen LogP contribution in [-0.4, -0.2) is 21.9 Å². The first-order valence-corrected chi connectivity index (χ1v) is 6.40. The number of aliphatic hydroxyl groups is 1. The lowest BCUT2D eigenvalue weighted by Gasteiger charge is -2.01. The van der Waals surface area contributed by atoms with Gasteiger partial charge in [-0.2, -0.15) is 0 Å². The summed E-state index contributed by atoms with van der Waals surface area (Å²) in [6, 6.07) is 7.58. The van der Waals surface area contributed by atoms with Gasteiger partial charge in [0.1, 0.15) is 0 Å². The van der Waals surface area contributed by atoms with E-state index in [0.717, 1.165) is 10.5 Å². The van der Waals surface area contributed by atoms with E-state index in [0.29, 0.717) is 17.7 Å². The second-order valence-corrected chi connectivity index (χ2v) is 4.59. The van der Waals surface area contributed by atoms with Gasteiger partial charge in [-0.25, -0.2) is 4.79 Å². The molecule has 1 aromatic rings. The lowest BCUT2D eigenvalue weighted by atomic mass is 10.2. The topological polar surface area (TPSA) is 57.5 Å². The van der Waals surface area contributed by atoms with Gasteiger partial charge in [0.05, 0.1) is 6.61 Å². The third kappa shape index (κ3) is 4.63. The van der Waals surface area contributed by atoms with E-state index in [4.69, 9.17) is 10.2 Å². The van der Waals surface area contributed by atoms with Crippen LogP contribution in [-0.2, 0) is 11.4 Å². The summed E-state index contributed by atoms with van der Waals surface area (Å²) in [6.45, 7) is 1.88. The molecule has 0 heterocycles. The van der Waals surface area contributed by atoms with Crippen molar-refractivity contribution in [3.05, 3.63) is 41.5 Å². The highest BCUT2D eigenvalue weighted by molar-refractivity contribution is 7.99. The van der Waals surface area contributed by atoms with Crippen LogP contribution < -0.4 is 0 Å². The van der Waals surface area contributed by atoms with Crippen LogP contribution in [0.15, 0.2) is 40.8 Å². The van der Waals surface area contributed by atoms with Crippen molar-refractivity contribution in [1.29, 1.82) is 0 Å². The van der Waals surface area contributed by atoms with Crippen molar-refractivity contribution in [2.45, 2.75) is 24.8 Å². The lowest BCUT2D eigenvalue weighted by Crippen LogP contribution is -1.99. The van der Waals surface area contributed by atoms with E-state index in [1.165, 1.54) is 0 Å². The third-order valence-electron chi connectivity index (χ3n) is 2.34. The summed E-state index contributed by atoms with van der Waals surface area (Å²) in [5, 5.41) is 17.7. The van der Waals surface area contributed by atoms with Gasteiger partial charge in [-0.3, -0.25) is 0 Å². The van der Waals surface area contributed by atoms with Crippen molar-refractivity contribution in [1.82, 2.24) is 0 Å². The predicted octanol–water partition coefficient (Wildman–Crippen LogP) is 2.69. The lowest BCUT2D eigenvalue weighted by molar-refractivity contribution is -0.132. The van der Waals surface area contributed by atoms with Gasteiger partial charge in [0.25, 0.3) is 0 Å². The number of thioether (sulfide) groups is 1. The van der Waals surface area contributed by atoms with Gasteiger partial charge in [-0.15, -0.1) is 11.8 Å². The fourth-order valence-electron chi connectivity index (χ4n) is 1.31. The standard InChI is InChI=1S/C13H16O3S/c1-2-11(13(15)16)7-8-17-12-5-3-10(9-14)4-6-12/h3-7,14H,2,8-9H2,1H3,(H,15,16)/b11-7-. The first kappa shape index (κ1) is 13.8. The average molecular weight is 252 g/mol. The molecule has 17 heavy (non-hydrogen) atoms. The molecule has 1 aromatic carbocycles. The van der Waals surface area contributed by atoms with Crippen LogP contribution in [0.5, 0.6) is 0 Å². The molecule has 0 radical (unpaired) electrons. The van der Waals surface area contributed by atoms with Crippen LogP contribution in [0.3, 0.4) is 0 Å². The second-order valence-electron chi connectivity index (χ2n) is 3.50. The van der Waals surface area contributed by atoms with Gasteiger partial charge in [0.2, 0.25) is 0 Å². The van der Waals surface area contributed by atoms with Crippen molar-refractivity contribution >= 4 is 17.7 Å². The Bertz CT molecular complexity index is 396. The van der Waals surface area contributed by atoms with E-state index in [2.05, 4.69) is 0 Å². The van der Waals surface area contributed by atoms with Gasteiger partial charge in [0, 0.05) is 16.2 Å². The summed E-state index contributed by atoms with van der Waals surface area (Å²) in [5.41, 5.74) is 1.33. The molecule has 0 saturated carbocycles. The number of hydrogen-bond acceptors (Lipinski definition) is 3. The first-order valence-electron chi connectivity index (χ1n) is 5.42. The summed E-state index contributed by atoms with van der Waals surface area (Å²) >= 11 is 1.58. The highest BCUT2D eigenvalue weighted by Gasteiger charge is 2.03. The van der Waals surface area contributed by atoms with Crippen molar-refractivity contribution in [2.24, 2.45) is 0 Å². The normalized spacial score (nSPS) is 11.5.